The van der Waals surface area contributed by atoms with Gasteiger partial charge in [-0.2, -0.15) is 13.2 Å². The molecule has 1 aliphatic heterocycles. The number of hydrogen-bond donors (Lipinski definition) is 1. The van der Waals surface area contributed by atoms with Gasteiger partial charge in [-0.25, -0.2) is 4.98 Å². The van der Waals surface area contributed by atoms with Crippen molar-refractivity contribution in [2.24, 2.45) is 0 Å². The van der Waals surface area contributed by atoms with Gasteiger partial charge in [-0.05, 0) is 26.0 Å². The number of anilines is 2. The van der Waals surface area contributed by atoms with Gasteiger partial charge in [0.15, 0.2) is 11.8 Å². The number of fused-ring (bicyclic) bond motifs is 1. The quantitative estimate of drug-likeness (QED) is 0.841. The first kappa shape index (κ1) is 17.0. The summed E-state index contributed by atoms with van der Waals surface area (Å²) in [5.74, 6) is 0.00266. The Morgan fingerprint density at radius 3 is 2.72 bits per heavy atom. The van der Waals surface area contributed by atoms with Crippen molar-refractivity contribution in [3.8, 4) is 5.75 Å². The van der Waals surface area contributed by atoms with Crippen LogP contribution in [0.1, 0.15) is 31.3 Å². The van der Waals surface area contributed by atoms with Crippen LogP contribution >= 0.6 is 0 Å². The van der Waals surface area contributed by atoms with Crippen LogP contribution < -0.4 is 15.4 Å². The number of nitrogen functional groups attached to an aromatic ring is 1. The molecule has 2 heterocycles. The molecule has 9 heteroatoms. The van der Waals surface area contributed by atoms with Gasteiger partial charge in [0, 0.05) is 11.8 Å². The van der Waals surface area contributed by atoms with Gasteiger partial charge >= 0.3 is 6.18 Å². The van der Waals surface area contributed by atoms with Gasteiger partial charge < -0.3 is 10.5 Å². The summed E-state index contributed by atoms with van der Waals surface area (Å²) in [5.41, 5.74) is 5.52. The minimum Gasteiger partial charge on any atom is -0.479 e. The third-order valence-corrected chi connectivity index (χ3v) is 3.89. The van der Waals surface area contributed by atoms with Crippen molar-refractivity contribution in [2.75, 3.05) is 10.6 Å². The third-order valence-electron chi connectivity index (χ3n) is 3.89. The van der Waals surface area contributed by atoms with E-state index < -0.39 is 24.0 Å². The number of benzene rings is 1. The number of carbonyl (C=O) groups is 1. The molecule has 3 rings (SSSR count). The van der Waals surface area contributed by atoms with Crippen molar-refractivity contribution in [1.29, 1.82) is 0 Å². The second kappa shape index (κ2) is 5.91. The van der Waals surface area contributed by atoms with E-state index >= 15 is 0 Å². The molecule has 0 saturated carbocycles. The normalized spacial score (nSPS) is 18.5. The Morgan fingerprint density at radius 1 is 1.32 bits per heavy atom. The zero-order chi connectivity index (χ0) is 18.4. The van der Waals surface area contributed by atoms with Gasteiger partial charge in [0.2, 0.25) is 0 Å². The highest BCUT2D eigenvalue weighted by Gasteiger charge is 2.37. The van der Waals surface area contributed by atoms with E-state index in [1.807, 2.05) is 0 Å². The molecule has 132 valence electrons. The van der Waals surface area contributed by atoms with E-state index in [2.05, 4.69) is 9.97 Å². The number of hydrogen-bond acceptors (Lipinski definition) is 5. The molecule has 6 nitrogen and oxygen atoms in total. The molecule has 2 aromatic rings. The van der Waals surface area contributed by atoms with Crippen LogP contribution in [0.3, 0.4) is 0 Å². The summed E-state index contributed by atoms with van der Waals surface area (Å²) in [6.07, 6.45) is -3.55. The first-order valence-electron chi connectivity index (χ1n) is 7.47. The maximum atomic E-state index is 12.9. The lowest BCUT2D eigenvalue weighted by atomic mass is 10.1. The van der Waals surface area contributed by atoms with Crippen LogP contribution in [-0.4, -0.2) is 22.0 Å². The Morgan fingerprint density at radius 2 is 2.04 bits per heavy atom. The lowest BCUT2D eigenvalue weighted by molar-refractivity contribution is -0.141. The lowest BCUT2D eigenvalue weighted by Crippen LogP contribution is -2.46. The fraction of sp³-hybridized carbons (Fsp3) is 0.312. The number of nitrogens with two attached hydrogens (primary N) is 1. The number of amides is 1. The molecule has 0 saturated heterocycles. The summed E-state index contributed by atoms with van der Waals surface area (Å²) in [6.45, 7) is 3.15. The minimum absolute atomic E-state index is 0.0278. The molecule has 0 bridgehead atoms. The number of ether oxygens (including phenoxy) is 1. The average molecular weight is 352 g/mol. The molecular formula is C16H15F3N4O2. The average Bonchev–Trinajstić information content (AvgIpc) is 2.55. The van der Waals surface area contributed by atoms with Gasteiger partial charge in [0.1, 0.15) is 5.75 Å². The predicted octanol–water partition coefficient (Wildman–Crippen LogP) is 2.95. The molecule has 1 aromatic carbocycles. The number of alkyl halides is 3. The monoisotopic (exact) mass is 352 g/mol. The highest BCUT2D eigenvalue weighted by atomic mass is 19.4. The summed E-state index contributed by atoms with van der Waals surface area (Å²) in [6, 6.07) is 3.97. The maximum Gasteiger partial charge on any atom is 0.434 e. The van der Waals surface area contributed by atoms with E-state index in [0.29, 0.717) is 23.3 Å². The summed E-state index contributed by atoms with van der Waals surface area (Å²) in [4.78, 5) is 21.2. The Kier molecular flexibility index (Phi) is 4.02. The van der Waals surface area contributed by atoms with Crippen LogP contribution in [-0.2, 0) is 11.0 Å². The standard InChI is InChI=1S/C16H15F3N4O2/c1-8(11-6-21-7-14(22-11)16(17,18)19)23-12-4-3-10(20)5-13(12)25-9(2)15(23)24/h3-9H,20H2,1-2H3/t8?,9-/m1/s1. The van der Waals surface area contributed by atoms with Gasteiger partial charge in [0.25, 0.3) is 5.91 Å². The van der Waals surface area contributed by atoms with Crippen LogP contribution in [0.15, 0.2) is 30.6 Å². The Bertz CT molecular complexity index is 825. The maximum absolute atomic E-state index is 12.9. The predicted molar refractivity (Wildman–Crippen MR) is 83.9 cm³/mol. The van der Waals surface area contributed by atoms with Crippen LogP contribution in [0.5, 0.6) is 5.75 Å². The van der Waals surface area contributed by atoms with Crippen LogP contribution in [0.25, 0.3) is 0 Å². The fourth-order valence-corrected chi connectivity index (χ4v) is 2.63. The Hall–Kier alpha value is -2.84. The van der Waals surface area contributed by atoms with Crippen molar-refractivity contribution < 1.29 is 22.7 Å². The lowest BCUT2D eigenvalue weighted by Gasteiger charge is -2.36. The van der Waals surface area contributed by atoms with E-state index in [9.17, 15) is 18.0 Å². The molecule has 0 fully saturated rings. The molecule has 0 aliphatic carbocycles. The van der Waals surface area contributed by atoms with Crippen LogP contribution in [0.4, 0.5) is 24.5 Å². The number of aromatic nitrogens is 2. The molecule has 2 atom stereocenters. The molecule has 1 amide bonds. The molecule has 1 aliphatic rings. The molecule has 1 aromatic heterocycles. The SMILES string of the molecule is CC(c1cncc(C(F)(F)F)n1)N1C(=O)[C@@H](C)Oc2cc(N)ccc21. The molecule has 25 heavy (non-hydrogen) atoms. The van der Waals surface area contributed by atoms with Gasteiger partial charge in [-0.1, -0.05) is 0 Å². The van der Waals surface area contributed by atoms with Crippen LogP contribution in [0, 0.1) is 0 Å². The highest BCUT2D eigenvalue weighted by molar-refractivity contribution is 6.00. The molecule has 0 radical (unpaired) electrons. The third kappa shape index (κ3) is 3.09. The summed E-state index contributed by atoms with van der Waals surface area (Å²) in [5, 5.41) is 0. The van der Waals surface area contributed by atoms with Gasteiger partial charge in [-0.15, -0.1) is 0 Å². The van der Waals surface area contributed by atoms with Crippen LogP contribution in [0.2, 0.25) is 0 Å². The van der Waals surface area contributed by atoms with Crippen molar-refractivity contribution >= 4 is 17.3 Å². The second-order valence-electron chi connectivity index (χ2n) is 5.70. The highest BCUT2D eigenvalue weighted by Crippen LogP contribution is 2.40. The number of halogens is 3. The first-order valence-corrected chi connectivity index (χ1v) is 7.47. The van der Waals surface area contributed by atoms with Crippen molar-refractivity contribution in [2.45, 2.75) is 32.2 Å². The number of rotatable bonds is 2. The Balaban J connectivity index is 2.05. The zero-order valence-electron chi connectivity index (χ0n) is 13.4. The van der Waals surface area contributed by atoms with E-state index in [0.717, 1.165) is 0 Å². The molecule has 2 N–H and O–H groups in total. The topological polar surface area (TPSA) is 81.3 Å². The smallest absolute Gasteiger partial charge is 0.434 e. The fourth-order valence-electron chi connectivity index (χ4n) is 2.63. The van der Waals surface area contributed by atoms with Gasteiger partial charge in [0.05, 0.1) is 29.8 Å². The number of nitrogens with zero attached hydrogens (tertiary/aromatic N) is 3. The minimum atomic E-state index is -4.61. The number of carbonyl (C=O) groups excluding carboxylic acids is 1. The van der Waals surface area contributed by atoms with E-state index in [1.165, 1.54) is 11.1 Å². The van der Waals surface area contributed by atoms with E-state index in [4.69, 9.17) is 10.5 Å². The van der Waals surface area contributed by atoms with E-state index in [1.54, 1.807) is 32.0 Å². The second-order valence-corrected chi connectivity index (χ2v) is 5.70. The Labute approximate surface area is 141 Å². The summed E-state index contributed by atoms with van der Waals surface area (Å²) >= 11 is 0. The largest absolute Gasteiger partial charge is 0.479 e. The molecular weight excluding hydrogens is 337 g/mol. The summed E-state index contributed by atoms with van der Waals surface area (Å²) in [7, 11) is 0. The first-order chi connectivity index (χ1) is 11.7. The summed E-state index contributed by atoms with van der Waals surface area (Å²) < 4.78 is 44.2. The van der Waals surface area contributed by atoms with Crippen molar-refractivity contribution in [3.63, 3.8) is 0 Å². The van der Waals surface area contributed by atoms with E-state index in [-0.39, 0.29) is 11.6 Å². The zero-order valence-corrected chi connectivity index (χ0v) is 13.4. The van der Waals surface area contributed by atoms with Gasteiger partial charge in [-0.3, -0.25) is 14.7 Å². The molecule has 0 spiro atoms. The molecule has 1 unspecified atom stereocenters. The van der Waals surface area contributed by atoms with Crippen molar-refractivity contribution in [3.05, 3.63) is 42.0 Å². The van der Waals surface area contributed by atoms with Crippen molar-refractivity contribution in [1.82, 2.24) is 9.97 Å².